The van der Waals surface area contributed by atoms with E-state index in [-0.39, 0.29) is 11.6 Å². The predicted octanol–water partition coefficient (Wildman–Crippen LogP) is 2.18. The van der Waals surface area contributed by atoms with E-state index in [0.29, 0.717) is 0 Å². The van der Waals surface area contributed by atoms with E-state index >= 15 is 0 Å². The molecular weight excluding hydrogens is 188 g/mol. The van der Waals surface area contributed by atoms with Crippen molar-refractivity contribution in [2.24, 2.45) is 0 Å². The second kappa shape index (κ2) is 5.48. The van der Waals surface area contributed by atoms with Crippen molar-refractivity contribution >= 4 is 0 Å². The average molecular weight is 210 g/mol. The summed E-state index contributed by atoms with van der Waals surface area (Å²) in [6.07, 6.45) is 3.43. The SMILES string of the molecule is CC(C)(C)OCCN1CCCCC1C#N. The van der Waals surface area contributed by atoms with Gasteiger partial charge in [-0.3, -0.25) is 4.90 Å². The molecule has 15 heavy (non-hydrogen) atoms. The number of piperidine rings is 1. The molecule has 1 unspecified atom stereocenters. The lowest BCUT2D eigenvalue weighted by Crippen LogP contribution is -2.41. The van der Waals surface area contributed by atoms with Gasteiger partial charge >= 0.3 is 0 Å². The summed E-state index contributed by atoms with van der Waals surface area (Å²) in [5.74, 6) is 0. The fraction of sp³-hybridized carbons (Fsp3) is 0.917. The Kier molecular flexibility index (Phi) is 4.56. The van der Waals surface area contributed by atoms with Gasteiger partial charge in [0.25, 0.3) is 0 Å². The van der Waals surface area contributed by atoms with Gasteiger partial charge in [0.2, 0.25) is 0 Å². The van der Waals surface area contributed by atoms with Crippen LogP contribution < -0.4 is 0 Å². The summed E-state index contributed by atoms with van der Waals surface area (Å²) in [5.41, 5.74) is -0.0715. The summed E-state index contributed by atoms with van der Waals surface area (Å²) >= 11 is 0. The Morgan fingerprint density at radius 3 is 2.73 bits per heavy atom. The third kappa shape index (κ3) is 4.63. The molecule has 1 aliphatic heterocycles. The van der Waals surface area contributed by atoms with Crippen molar-refractivity contribution in [3.8, 4) is 6.07 Å². The molecule has 3 heteroatoms. The second-order valence-corrected chi connectivity index (χ2v) is 5.14. The molecule has 0 aliphatic carbocycles. The van der Waals surface area contributed by atoms with Gasteiger partial charge in [-0.25, -0.2) is 0 Å². The first-order chi connectivity index (χ1) is 7.03. The second-order valence-electron chi connectivity index (χ2n) is 5.14. The van der Waals surface area contributed by atoms with Crippen molar-refractivity contribution in [3.63, 3.8) is 0 Å². The van der Waals surface area contributed by atoms with Crippen LogP contribution in [-0.4, -0.2) is 36.2 Å². The Bertz CT molecular complexity index is 227. The molecule has 1 saturated heterocycles. The van der Waals surface area contributed by atoms with Crippen LogP contribution in [0.15, 0.2) is 0 Å². The Balaban J connectivity index is 2.27. The van der Waals surface area contributed by atoms with Crippen LogP contribution in [0.1, 0.15) is 40.0 Å². The van der Waals surface area contributed by atoms with Crippen molar-refractivity contribution in [1.29, 1.82) is 5.26 Å². The standard InChI is InChI=1S/C12H22N2O/c1-12(2,3)15-9-8-14-7-5-4-6-11(14)10-13/h11H,4-9H2,1-3H3. The summed E-state index contributed by atoms with van der Waals surface area (Å²) in [6, 6.07) is 2.49. The predicted molar refractivity (Wildman–Crippen MR) is 60.5 cm³/mol. The van der Waals surface area contributed by atoms with E-state index in [2.05, 4.69) is 31.7 Å². The molecule has 0 saturated carbocycles. The molecule has 0 aromatic carbocycles. The molecular formula is C12H22N2O. The summed E-state index contributed by atoms with van der Waals surface area (Å²) in [6.45, 7) is 8.84. The Morgan fingerprint density at radius 1 is 1.40 bits per heavy atom. The Hall–Kier alpha value is -0.590. The largest absolute Gasteiger partial charge is 0.375 e. The van der Waals surface area contributed by atoms with Crippen molar-refractivity contribution in [2.75, 3.05) is 19.7 Å². The Morgan fingerprint density at radius 2 is 2.13 bits per heavy atom. The molecule has 1 fully saturated rings. The molecule has 0 bridgehead atoms. The van der Waals surface area contributed by atoms with Gasteiger partial charge in [-0.15, -0.1) is 0 Å². The summed E-state index contributed by atoms with van der Waals surface area (Å²) < 4.78 is 5.67. The normalized spacial score (nSPS) is 23.7. The van der Waals surface area contributed by atoms with Crippen LogP contribution in [0.3, 0.4) is 0 Å². The fourth-order valence-corrected chi connectivity index (χ4v) is 1.87. The molecule has 0 amide bonds. The van der Waals surface area contributed by atoms with Crippen LogP contribution in [0.2, 0.25) is 0 Å². The zero-order chi connectivity index (χ0) is 11.3. The van der Waals surface area contributed by atoms with Gasteiger partial charge < -0.3 is 4.74 Å². The van der Waals surface area contributed by atoms with E-state index < -0.39 is 0 Å². The van der Waals surface area contributed by atoms with Crippen LogP contribution in [0.5, 0.6) is 0 Å². The number of hydrogen-bond donors (Lipinski definition) is 0. The highest BCUT2D eigenvalue weighted by Crippen LogP contribution is 2.16. The van der Waals surface area contributed by atoms with E-state index in [4.69, 9.17) is 10.00 Å². The van der Waals surface area contributed by atoms with Crippen molar-refractivity contribution in [3.05, 3.63) is 0 Å². The summed E-state index contributed by atoms with van der Waals surface area (Å²) in [5, 5.41) is 8.99. The smallest absolute Gasteiger partial charge is 0.0978 e. The average Bonchev–Trinajstić information content (AvgIpc) is 2.16. The first kappa shape index (κ1) is 12.5. The van der Waals surface area contributed by atoms with Gasteiger partial charge in [-0.2, -0.15) is 5.26 Å². The van der Waals surface area contributed by atoms with E-state index in [9.17, 15) is 0 Å². The van der Waals surface area contributed by atoms with Crippen molar-refractivity contribution in [1.82, 2.24) is 4.90 Å². The number of nitriles is 1. The molecule has 1 heterocycles. The number of likely N-dealkylation sites (tertiary alicyclic amines) is 1. The van der Waals surface area contributed by atoms with Gasteiger partial charge in [0, 0.05) is 6.54 Å². The van der Waals surface area contributed by atoms with Crippen molar-refractivity contribution in [2.45, 2.75) is 51.7 Å². The summed E-state index contributed by atoms with van der Waals surface area (Å²) in [4.78, 5) is 2.25. The van der Waals surface area contributed by atoms with Gasteiger partial charge in [-0.1, -0.05) is 0 Å². The van der Waals surface area contributed by atoms with E-state index in [1.165, 1.54) is 12.8 Å². The first-order valence-corrected chi connectivity index (χ1v) is 5.80. The van der Waals surface area contributed by atoms with Crippen LogP contribution in [-0.2, 0) is 4.74 Å². The van der Waals surface area contributed by atoms with Crippen LogP contribution in [0, 0.1) is 11.3 Å². The molecule has 0 radical (unpaired) electrons. The fourth-order valence-electron chi connectivity index (χ4n) is 1.87. The molecule has 1 rings (SSSR count). The molecule has 1 atom stereocenters. The molecule has 0 aromatic rings. The van der Waals surface area contributed by atoms with Crippen molar-refractivity contribution < 1.29 is 4.74 Å². The highest BCUT2D eigenvalue weighted by atomic mass is 16.5. The lowest BCUT2D eigenvalue weighted by Gasteiger charge is -2.32. The zero-order valence-electron chi connectivity index (χ0n) is 10.1. The molecule has 0 N–H and O–H groups in total. The molecule has 86 valence electrons. The quantitative estimate of drug-likeness (QED) is 0.716. The number of ether oxygens (including phenoxy) is 1. The molecule has 0 aromatic heterocycles. The topological polar surface area (TPSA) is 36.3 Å². The minimum absolute atomic E-state index is 0.0715. The van der Waals surface area contributed by atoms with Crippen LogP contribution in [0.4, 0.5) is 0 Å². The maximum absolute atomic E-state index is 8.99. The lowest BCUT2D eigenvalue weighted by atomic mass is 10.0. The maximum atomic E-state index is 8.99. The third-order valence-electron chi connectivity index (χ3n) is 2.68. The highest BCUT2D eigenvalue weighted by Gasteiger charge is 2.22. The van der Waals surface area contributed by atoms with Crippen LogP contribution in [0.25, 0.3) is 0 Å². The molecule has 1 aliphatic rings. The third-order valence-corrected chi connectivity index (χ3v) is 2.68. The van der Waals surface area contributed by atoms with Gasteiger partial charge in [0.05, 0.1) is 24.3 Å². The lowest BCUT2D eigenvalue weighted by molar-refractivity contribution is -0.0178. The zero-order valence-corrected chi connectivity index (χ0v) is 10.1. The van der Waals surface area contributed by atoms with E-state index in [0.717, 1.165) is 26.1 Å². The minimum atomic E-state index is -0.0715. The van der Waals surface area contributed by atoms with Gasteiger partial charge in [0.1, 0.15) is 0 Å². The highest BCUT2D eigenvalue weighted by molar-refractivity contribution is 4.93. The number of hydrogen-bond acceptors (Lipinski definition) is 3. The number of nitrogens with zero attached hydrogens (tertiary/aromatic N) is 2. The maximum Gasteiger partial charge on any atom is 0.0978 e. The monoisotopic (exact) mass is 210 g/mol. The first-order valence-electron chi connectivity index (χ1n) is 5.80. The number of rotatable bonds is 3. The Labute approximate surface area is 93.0 Å². The van der Waals surface area contributed by atoms with E-state index in [1.54, 1.807) is 0 Å². The minimum Gasteiger partial charge on any atom is -0.375 e. The van der Waals surface area contributed by atoms with Gasteiger partial charge in [0.15, 0.2) is 0 Å². The van der Waals surface area contributed by atoms with Crippen LogP contribution >= 0.6 is 0 Å². The summed E-state index contributed by atoms with van der Waals surface area (Å²) in [7, 11) is 0. The molecule has 0 spiro atoms. The van der Waals surface area contributed by atoms with E-state index in [1.807, 2.05) is 0 Å². The van der Waals surface area contributed by atoms with Gasteiger partial charge in [-0.05, 0) is 46.6 Å². The molecule has 3 nitrogen and oxygen atoms in total.